The summed E-state index contributed by atoms with van der Waals surface area (Å²) in [6, 6.07) is 16.3. The molecule has 1 aliphatic rings. The van der Waals surface area contributed by atoms with E-state index in [0.717, 1.165) is 36.7 Å². The maximum atomic E-state index is 13.3. The van der Waals surface area contributed by atoms with Crippen molar-refractivity contribution in [2.75, 3.05) is 31.1 Å². The van der Waals surface area contributed by atoms with Gasteiger partial charge >= 0.3 is 0 Å². The molecule has 0 spiro atoms. The van der Waals surface area contributed by atoms with Crippen LogP contribution in [0.2, 0.25) is 5.02 Å². The minimum atomic E-state index is -3.69. The molecule has 1 saturated heterocycles. The standard InChI is InChI=1S/C23H25ClFN3O2S2/c1-17(26-32(29,30)21-10-4-18(24)5-11-21)23(22-3-2-16-31-22)28-14-12-27(13-15-28)20-8-6-19(25)7-9-20/h2-11,16-17,23,26H,12-15H2,1H3/t17-,23+/m0/s1. The fourth-order valence-electron chi connectivity index (χ4n) is 4.10. The SMILES string of the molecule is C[C@H](NS(=O)(=O)c1ccc(Cl)cc1)[C@H](c1cccs1)N1CCN(c2ccc(F)cc2)CC1. The number of nitrogens with one attached hydrogen (secondary N) is 1. The van der Waals surface area contributed by atoms with Gasteiger partial charge in [-0.05, 0) is 66.9 Å². The molecule has 1 aromatic heterocycles. The number of hydrogen-bond acceptors (Lipinski definition) is 5. The average molecular weight is 494 g/mol. The van der Waals surface area contributed by atoms with Crippen LogP contribution < -0.4 is 9.62 Å². The van der Waals surface area contributed by atoms with E-state index in [-0.39, 0.29) is 22.8 Å². The Bertz CT molecular complexity index is 1120. The van der Waals surface area contributed by atoms with E-state index in [4.69, 9.17) is 11.6 Å². The van der Waals surface area contributed by atoms with Crippen molar-refractivity contribution in [1.82, 2.24) is 9.62 Å². The first-order valence-corrected chi connectivity index (χ1v) is 13.1. The number of hydrogen-bond donors (Lipinski definition) is 1. The highest BCUT2D eigenvalue weighted by atomic mass is 35.5. The number of piperazine rings is 1. The van der Waals surface area contributed by atoms with Crippen LogP contribution in [0.25, 0.3) is 0 Å². The Labute approximate surface area is 197 Å². The van der Waals surface area contributed by atoms with Crippen LogP contribution in [0.3, 0.4) is 0 Å². The Balaban J connectivity index is 1.49. The highest BCUT2D eigenvalue weighted by Crippen LogP contribution is 2.31. The minimum absolute atomic E-state index is 0.0903. The zero-order chi connectivity index (χ0) is 22.7. The zero-order valence-corrected chi connectivity index (χ0v) is 20.0. The molecule has 170 valence electrons. The van der Waals surface area contributed by atoms with Crippen molar-refractivity contribution in [2.45, 2.75) is 23.9 Å². The Morgan fingerprint density at radius 3 is 2.25 bits per heavy atom. The molecule has 0 aliphatic carbocycles. The van der Waals surface area contributed by atoms with Gasteiger partial charge in [-0.15, -0.1) is 11.3 Å². The van der Waals surface area contributed by atoms with Crippen molar-refractivity contribution in [2.24, 2.45) is 0 Å². The number of anilines is 1. The van der Waals surface area contributed by atoms with Gasteiger partial charge < -0.3 is 4.90 Å². The highest BCUT2D eigenvalue weighted by molar-refractivity contribution is 7.89. The average Bonchev–Trinajstić information content (AvgIpc) is 3.29. The first-order valence-electron chi connectivity index (χ1n) is 10.4. The summed E-state index contributed by atoms with van der Waals surface area (Å²) in [4.78, 5) is 5.86. The smallest absolute Gasteiger partial charge is 0.240 e. The van der Waals surface area contributed by atoms with Crippen LogP contribution in [0.15, 0.2) is 70.9 Å². The molecule has 32 heavy (non-hydrogen) atoms. The van der Waals surface area contributed by atoms with Gasteiger partial charge in [0.05, 0.1) is 10.9 Å². The lowest BCUT2D eigenvalue weighted by atomic mass is 10.1. The number of nitrogens with zero attached hydrogens (tertiary/aromatic N) is 2. The Morgan fingerprint density at radius 2 is 1.66 bits per heavy atom. The Morgan fingerprint density at radius 1 is 1.00 bits per heavy atom. The maximum absolute atomic E-state index is 13.3. The Hall–Kier alpha value is -1.97. The summed E-state index contributed by atoms with van der Waals surface area (Å²) in [6.07, 6.45) is 0. The zero-order valence-electron chi connectivity index (χ0n) is 17.6. The van der Waals surface area contributed by atoms with E-state index < -0.39 is 10.0 Å². The van der Waals surface area contributed by atoms with Gasteiger partial charge in [-0.3, -0.25) is 4.90 Å². The first kappa shape index (κ1) is 23.2. The van der Waals surface area contributed by atoms with Gasteiger partial charge in [0.15, 0.2) is 0 Å². The topological polar surface area (TPSA) is 52.7 Å². The van der Waals surface area contributed by atoms with Crippen molar-refractivity contribution in [3.8, 4) is 0 Å². The predicted octanol–water partition coefficient (Wildman–Crippen LogP) is 4.77. The van der Waals surface area contributed by atoms with Crippen LogP contribution in [-0.4, -0.2) is 45.5 Å². The second-order valence-electron chi connectivity index (χ2n) is 7.82. The third kappa shape index (κ3) is 5.32. The third-order valence-electron chi connectivity index (χ3n) is 5.67. The molecule has 3 aromatic rings. The number of thiophene rings is 1. The van der Waals surface area contributed by atoms with Gasteiger partial charge in [0.1, 0.15) is 5.82 Å². The summed E-state index contributed by atoms with van der Waals surface area (Å²) in [5, 5.41) is 2.50. The molecule has 4 rings (SSSR count). The first-order chi connectivity index (χ1) is 15.3. The number of halogens is 2. The van der Waals surface area contributed by atoms with Gasteiger partial charge in [-0.25, -0.2) is 17.5 Å². The van der Waals surface area contributed by atoms with Crippen molar-refractivity contribution < 1.29 is 12.8 Å². The molecule has 0 saturated carbocycles. The second-order valence-corrected chi connectivity index (χ2v) is 11.0. The van der Waals surface area contributed by atoms with Crippen LogP contribution in [0.5, 0.6) is 0 Å². The summed E-state index contributed by atoms with van der Waals surface area (Å²) < 4.78 is 42.1. The van der Waals surface area contributed by atoms with Crippen LogP contribution in [-0.2, 0) is 10.0 Å². The number of rotatable bonds is 7. The van der Waals surface area contributed by atoms with Crippen LogP contribution in [0.4, 0.5) is 10.1 Å². The van der Waals surface area contributed by atoms with Crippen molar-refractivity contribution in [3.05, 3.63) is 81.8 Å². The number of benzene rings is 2. The summed E-state index contributed by atoms with van der Waals surface area (Å²) >= 11 is 7.53. The van der Waals surface area contributed by atoms with E-state index >= 15 is 0 Å². The van der Waals surface area contributed by atoms with E-state index in [9.17, 15) is 12.8 Å². The molecule has 2 heterocycles. The lowest BCUT2D eigenvalue weighted by Crippen LogP contribution is -2.52. The van der Waals surface area contributed by atoms with E-state index in [1.807, 2.05) is 18.4 Å². The van der Waals surface area contributed by atoms with Gasteiger partial charge in [-0.2, -0.15) is 0 Å². The lowest BCUT2D eigenvalue weighted by Gasteiger charge is -2.42. The second kappa shape index (κ2) is 9.89. The van der Waals surface area contributed by atoms with E-state index in [0.29, 0.717) is 5.02 Å². The third-order valence-corrected chi connectivity index (χ3v) is 8.44. The predicted molar refractivity (Wildman–Crippen MR) is 128 cm³/mol. The van der Waals surface area contributed by atoms with Crippen LogP contribution in [0, 0.1) is 5.82 Å². The molecule has 2 atom stereocenters. The van der Waals surface area contributed by atoms with E-state index in [1.54, 1.807) is 35.6 Å². The molecule has 0 bridgehead atoms. The monoisotopic (exact) mass is 493 g/mol. The largest absolute Gasteiger partial charge is 0.369 e. The normalized spacial score (nSPS) is 17.3. The summed E-state index contributed by atoms with van der Waals surface area (Å²) in [5.41, 5.74) is 0.996. The van der Waals surface area contributed by atoms with Gasteiger partial charge in [0, 0.05) is 47.8 Å². The van der Waals surface area contributed by atoms with Gasteiger partial charge in [-0.1, -0.05) is 17.7 Å². The van der Waals surface area contributed by atoms with Crippen molar-refractivity contribution in [3.63, 3.8) is 0 Å². The molecular weight excluding hydrogens is 469 g/mol. The summed E-state index contributed by atoms with van der Waals surface area (Å²) in [5.74, 6) is -0.244. The van der Waals surface area contributed by atoms with E-state index in [1.165, 1.54) is 24.3 Å². The molecular formula is C23H25ClFN3O2S2. The molecule has 1 N–H and O–H groups in total. The lowest BCUT2D eigenvalue weighted by molar-refractivity contribution is 0.164. The molecule has 0 unspecified atom stereocenters. The molecule has 2 aromatic carbocycles. The van der Waals surface area contributed by atoms with Crippen molar-refractivity contribution in [1.29, 1.82) is 0 Å². The maximum Gasteiger partial charge on any atom is 0.240 e. The van der Waals surface area contributed by atoms with Crippen LogP contribution >= 0.6 is 22.9 Å². The quantitative estimate of drug-likeness (QED) is 0.515. The molecule has 9 heteroatoms. The number of sulfonamides is 1. The summed E-state index contributed by atoms with van der Waals surface area (Å²) in [7, 11) is -3.69. The van der Waals surface area contributed by atoms with Crippen molar-refractivity contribution >= 4 is 38.6 Å². The minimum Gasteiger partial charge on any atom is -0.369 e. The fraction of sp³-hybridized carbons (Fsp3) is 0.304. The van der Waals surface area contributed by atoms with Crippen LogP contribution in [0.1, 0.15) is 17.8 Å². The summed E-state index contributed by atoms with van der Waals surface area (Å²) in [6.45, 7) is 5.01. The van der Waals surface area contributed by atoms with Gasteiger partial charge in [0.25, 0.3) is 0 Å². The van der Waals surface area contributed by atoms with Gasteiger partial charge in [0.2, 0.25) is 10.0 Å². The highest BCUT2D eigenvalue weighted by Gasteiger charge is 2.32. The van der Waals surface area contributed by atoms with E-state index in [2.05, 4.69) is 20.6 Å². The fourth-order valence-corrected chi connectivity index (χ4v) is 6.44. The Kier molecular flexibility index (Phi) is 7.17. The molecule has 1 aliphatic heterocycles. The molecule has 5 nitrogen and oxygen atoms in total. The molecule has 1 fully saturated rings. The molecule has 0 radical (unpaired) electrons. The molecule has 0 amide bonds.